The molecule has 2 atom stereocenters. The summed E-state index contributed by atoms with van der Waals surface area (Å²) in [5.41, 5.74) is 12.3. The zero-order chi connectivity index (χ0) is 20.8. The highest BCUT2D eigenvalue weighted by Crippen LogP contribution is 2.44. The van der Waals surface area contributed by atoms with E-state index in [9.17, 15) is 4.79 Å². The Hall–Kier alpha value is -3.74. The molecule has 3 aromatic heterocycles. The number of fused-ring (bicyclic) bond motifs is 4. The van der Waals surface area contributed by atoms with Gasteiger partial charge in [0, 0.05) is 40.9 Å². The molecule has 0 spiro atoms. The first-order chi connectivity index (χ1) is 14.6. The van der Waals surface area contributed by atoms with Crippen LogP contribution in [0.3, 0.4) is 0 Å². The number of nitrogens with two attached hydrogens (primary N) is 1. The molecular formula is C23H22N6O. The Kier molecular flexibility index (Phi) is 4.24. The zero-order valence-electron chi connectivity index (χ0n) is 16.7. The van der Waals surface area contributed by atoms with Gasteiger partial charge in [-0.25, -0.2) is 9.50 Å². The number of anilines is 1. The topological polar surface area (TPSA) is 98.2 Å². The number of nitrogen functional groups attached to an aromatic ring is 1. The van der Waals surface area contributed by atoms with E-state index < -0.39 is 0 Å². The number of carbonyl (C=O) groups excluding carboxylic acids is 1. The van der Waals surface area contributed by atoms with Gasteiger partial charge in [0.05, 0.1) is 5.52 Å². The smallest absolute Gasteiger partial charge is 0.243 e. The van der Waals surface area contributed by atoms with Gasteiger partial charge < -0.3 is 11.1 Å². The summed E-state index contributed by atoms with van der Waals surface area (Å²) in [5, 5.41) is 8.61. The molecule has 4 aromatic rings. The summed E-state index contributed by atoms with van der Waals surface area (Å²) in [6.45, 7) is 5.73. The summed E-state index contributed by atoms with van der Waals surface area (Å²) in [4.78, 5) is 20.8. The molecule has 0 bridgehead atoms. The van der Waals surface area contributed by atoms with Crippen molar-refractivity contribution in [3.8, 4) is 11.1 Å². The molecule has 1 aromatic carbocycles. The molecule has 1 unspecified atom stereocenters. The number of hydrogen-bond donors (Lipinski definition) is 2. The predicted molar refractivity (Wildman–Crippen MR) is 117 cm³/mol. The number of nitrogens with zero attached hydrogens (tertiary/aromatic N) is 4. The van der Waals surface area contributed by atoms with Crippen LogP contribution in [0.25, 0.3) is 27.5 Å². The van der Waals surface area contributed by atoms with E-state index in [1.165, 1.54) is 18.0 Å². The van der Waals surface area contributed by atoms with E-state index in [0.717, 1.165) is 39.7 Å². The highest BCUT2D eigenvalue weighted by Gasteiger charge is 2.33. The van der Waals surface area contributed by atoms with Crippen molar-refractivity contribution in [2.45, 2.75) is 31.7 Å². The van der Waals surface area contributed by atoms with Crippen LogP contribution in [0.4, 0.5) is 5.82 Å². The van der Waals surface area contributed by atoms with Gasteiger partial charge in [-0.1, -0.05) is 31.7 Å². The Morgan fingerprint density at radius 1 is 1.33 bits per heavy atom. The van der Waals surface area contributed by atoms with Crippen LogP contribution in [0, 0.1) is 0 Å². The van der Waals surface area contributed by atoms with Crippen LogP contribution in [0.1, 0.15) is 30.5 Å². The third-order valence-electron chi connectivity index (χ3n) is 5.87. The SMILES string of the molecule is C=CC(=O)N[C@@H]1Cc2c(c(-c3cnc4ccccc4c3)c3c(N)ncnn23)C(C)C1. The first-order valence-corrected chi connectivity index (χ1v) is 9.99. The van der Waals surface area contributed by atoms with Gasteiger partial charge in [0.15, 0.2) is 5.82 Å². The highest BCUT2D eigenvalue weighted by atomic mass is 16.1. The molecule has 0 saturated carbocycles. The summed E-state index contributed by atoms with van der Waals surface area (Å²) >= 11 is 0. The van der Waals surface area contributed by atoms with Crippen molar-refractivity contribution >= 4 is 28.1 Å². The minimum absolute atomic E-state index is 0.00914. The number of nitrogens with one attached hydrogen (secondary N) is 1. The van der Waals surface area contributed by atoms with Crippen LogP contribution in [0.2, 0.25) is 0 Å². The molecule has 7 nitrogen and oxygen atoms in total. The quantitative estimate of drug-likeness (QED) is 0.516. The van der Waals surface area contributed by atoms with Crippen molar-refractivity contribution in [2.24, 2.45) is 0 Å². The van der Waals surface area contributed by atoms with E-state index in [-0.39, 0.29) is 17.9 Å². The van der Waals surface area contributed by atoms with Crippen LogP contribution in [0.15, 0.2) is 55.5 Å². The maximum Gasteiger partial charge on any atom is 0.243 e. The van der Waals surface area contributed by atoms with Crippen molar-refractivity contribution < 1.29 is 4.79 Å². The first-order valence-electron chi connectivity index (χ1n) is 9.99. The van der Waals surface area contributed by atoms with Crippen molar-refractivity contribution in [2.75, 3.05) is 5.73 Å². The van der Waals surface area contributed by atoms with Gasteiger partial charge >= 0.3 is 0 Å². The van der Waals surface area contributed by atoms with Crippen LogP contribution in [-0.4, -0.2) is 31.5 Å². The molecule has 0 aliphatic heterocycles. The number of aromatic nitrogens is 4. The van der Waals surface area contributed by atoms with Gasteiger partial charge in [0.2, 0.25) is 5.91 Å². The fraction of sp³-hybridized carbons (Fsp3) is 0.217. The maximum atomic E-state index is 11.9. The molecule has 1 aliphatic rings. The molecule has 7 heteroatoms. The Morgan fingerprint density at radius 2 is 2.17 bits per heavy atom. The molecule has 0 fully saturated rings. The lowest BCUT2D eigenvalue weighted by molar-refractivity contribution is -0.117. The van der Waals surface area contributed by atoms with Crippen LogP contribution in [0.5, 0.6) is 0 Å². The normalized spacial score (nSPS) is 18.3. The number of carbonyl (C=O) groups is 1. The van der Waals surface area contributed by atoms with E-state index in [2.05, 4.69) is 46.0 Å². The molecule has 0 radical (unpaired) electrons. The largest absolute Gasteiger partial charge is 0.382 e. The van der Waals surface area contributed by atoms with Crippen molar-refractivity contribution in [1.82, 2.24) is 24.9 Å². The van der Waals surface area contributed by atoms with Gasteiger partial charge in [-0.15, -0.1) is 0 Å². The van der Waals surface area contributed by atoms with Gasteiger partial charge in [-0.2, -0.15) is 5.10 Å². The Bertz CT molecular complexity index is 1310. The number of hydrogen-bond acceptors (Lipinski definition) is 5. The van der Waals surface area contributed by atoms with Crippen molar-refractivity contribution in [3.05, 3.63) is 66.8 Å². The van der Waals surface area contributed by atoms with Gasteiger partial charge in [0.1, 0.15) is 11.8 Å². The minimum atomic E-state index is -0.162. The lowest BCUT2D eigenvalue weighted by Gasteiger charge is -2.28. The molecule has 0 saturated heterocycles. The van der Waals surface area contributed by atoms with Crippen molar-refractivity contribution in [3.63, 3.8) is 0 Å². The summed E-state index contributed by atoms with van der Waals surface area (Å²) in [7, 11) is 0. The highest BCUT2D eigenvalue weighted by molar-refractivity contribution is 5.94. The number of rotatable bonds is 3. The average molecular weight is 398 g/mol. The predicted octanol–water partition coefficient (Wildman–Crippen LogP) is 3.25. The molecule has 1 aliphatic carbocycles. The Balaban J connectivity index is 1.74. The van der Waals surface area contributed by atoms with Crippen LogP contribution >= 0.6 is 0 Å². The van der Waals surface area contributed by atoms with Crippen LogP contribution < -0.4 is 11.1 Å². The number of amides is 1. The summed E-state index contributed by atoms with van der Waals surface area (Å²) in [6, 6.07) is 10.2. The molecule has 3 heterocycles. The van der Waals surface area contributed by atoms with Gasteiger partial charge in [-0.3, -0.25) is 9.78 Å². The third-order valence-corrected chi connectivity index (χ3v) is 5.87. The molecule has 1 amide bonds. The van der Waals surface area contributed by atoms with E-state index >= 15 is 0 Å². The van der Waals surface area contributed by atoms with Crippen LogP contribution in [-0.2, 0) is 11.2 Å². The molecule has 150 valence electrons. The standard InChI is InChI=1S/C23H22N6O/c1-3-19(30)28-16-8-13(2)20-18(10-16)29-22(23(24)26-12-27-29)21(20)15-9-14-6-4-5-7-17(14)25-11-15/h3-7,9,11-13,16H,1,8,10H2,2H3,(H,28,30)(H2,24,26,27)/t13?,16-/m0/s1. The monoisotopic (exact) mass is 398 g/mol. The molecule has 5 rings (SSSR count). The summed E-state index contributed by atoms with van der Waals surface area (Å²) < 4.78 is 1.88. The minimum Gasteiger partial charge on any atom is -0.382 e. The number of para-hydroxylation sites is 1. The van der Waals surface area contributed by atoms with Gasteiger partial charge in [0.25, 0.3) is 0 Å². The summed E-state index contributed by atoms with van der Waals surface area (Å²) in [5.74, 6) is 0.470. The zero-order valence-corrected chi connectivity index (χ0v) is 16.7. The Morgan fingerprint density at radius 3 is 3.00 bits per heavy atom. The second-order valence-corrected chi connectivity index (χ2v) is 7.81. The Labute approximate surface area is 173 Å². The fourth-order valence-electron chi connectivity index (χ4n) is 4.65. The van der Waals surface area contributed by atoms with Crippen molar-refractivity contribution in [1.29, 1.82) is 0 Å². The molecule has 3 N–H and O–H groups in total. The maximum absolute atomic E-state index is 11.9. The lowest BCUT2D eigenvalue weighted by Crippen LogP contribution is -2.39. The molecule has 30 heavy (non-hydrogen) atoms. The first kappa shape index (κ1) is 18.3. The van der Waals surface area contributed by atoms with E-state index in [0.29, 0.717) is 12.2 Å². The second kappa shape index (κ2) is 6.95. The number of benzene rings is 1. The molecular weight excluding hydrogens is 376 g/mol. The second-order valence-electron chi connectivity index (χ2n) is 7.81. The van der Waals surface area contributed by atoms with E-state index in [4.69, 9.17) is 5.73 Å². The number of pyridine rings is 1. The third kappa shape index (κ3) is 2.82. The summed E-state index contributed by atoms with van der Waals surface area (Å²) in [6.07, 6.45) is 6.16. The van der Waals surface area contributed by atoms with E-state index in [1.54, 1.807) is 0 Å². The average Bonchev–Trinajstić information content (AvgIpc) is 3.09. The lowest BCUT2D eigenvalue weighted by atomic mass is 9.81. The van der Waals surface area contributed by atoms with Gasteiger partial charge in [-0.05, 0) is 36.1 Å². The fourth-order valence-corrected chi connectivity index (χ4v) is 4.65. The van der Waals surface area contributed by atoms with E-state index in [1.807, 2.05) is 28.9 Å².